The Bertz CT molecular complexity index is 1320. The fourth-order valence-electron chi connectivity index (χ4n) is 9.18. The Hall–Kier alpha value is -1.79. The van der Waals surface area contributed by atoms with Crippen LogP contribution in [0.3, 0.4) is 0 Å². The summed E-state index contributed by atoms with van der Waals surface area (Å²) in [6.07, 6.45) is 33.2. The van der Waals surface area contributed by atoms with Crippen molar-refractivity contribution in [3.05, 3.63) is 36.5 Å². The topological polar surface area (TPSA) is 228 Å². The van der Waals surface area contributed by atoms with Crippen LogP contribution in [0.4, 0.5) is 0 Å². The van der Waals surface area contributed by atoms with E-state index in [4.69, 9.17) is 18.9 Å². The minimum atomic E-state index is -1.79. The van der Waals surface area contributed by atoms with Gasteiger partial charge in [0.1, 0.15) is 48.8 Å². The highest BCUT2D eigenvalue weighted by Crippen LogP contribution is 2.30. The summed E-state index contributed by atoms with van der Waals surface area (Å²) in [7, 11) is 0. The molecular formula is C56H103NO13. The van der Waals surface area contributed by atoms with Crippen LogP contribution in [0.15, 0.2) is 36.5 Å². The zero-order chi connectivity index (χ0) is 51.0. The molecule has 2 rings (SSSR count). The van der Waals surface area contributed by atoms with Gasteiger partial charge in [0, 0.05) is 6.42 Å². The predicted octanol–water partition coefficient (Wildman–Crippen LogP) is 8.66. The summed E-state index contributed by atoms with van der Waals surface area (Å²) in [5.41, 5.74) is 0. The molecule has 2 fully saturated rings. The molecule has 14 heteroatoms. The van der Waals surface area contributed by atoms with Crippen LogP contribution in [0.1, 0.15) is 219 Å². The number of hydrogen-bond acceptors (Lipinski definition) is 13. The van der Waals surface area contributed by atoms with Gasteiger partial charge in [-0.3, -0.25) is 4.79 Å². The monoisotopic (exact) mass is 998 g/mol. The maximum absolute atomic E-state index is 13.2. The number of nitrogens with one attached hydrogen (secondary N) is 1. The van der Waals surface area contributed by atoms with Crippen LogP contribution in [0.25, 0.3) is 0 Å². The molecule has 1 amide bonds. The summed E-state index contributed by atoms with van der Waals surface area (Å²) in [6.45, 7) is 2.77. The summed E-state index contributed by atoms with van der Waals surface area (Å²) >= 11 is 0. The number of aliphatic hydroxyl groups is 8. The fraction of sp³-hybridized carbons (Fsp3) is 0.875. The zero-order valence-electron chi connectivity index (χ0n) is 43.8. The lowest BCUT2D eigenvalue weighted by Gasteiger charge is -2.46. The van der Waals surface area contributed by atoms with Crippen molar-refractivity contribution in [3.8, 4) is 0 Å². The summed E-state index contributed by atoms with van der Waals surface area (Å²) in [5.74, 6) is -0.257. The van der Waals surface area contributed by atoms with Gasteiger partial charge in [0.2, 0.25) is 5.91 Å². The summed E-state index contributed by atoms with van der Waals surface area (Å²) in [6, 6.07) is -0.934. The summed E-state index contributed by atoms with van der Waals surface area (Å²) < 4.78 is 22.7. The Labute approximate surface area is 423 Å². The Kier molecular flexibility index (Phi) is 39.1. The first kappa shape index (κ1) is 64.3. The maximum Gasteiger partial charge on any atom is 0.220 e. The van der Waals surface area contributed by atoms with Crippen molar-refractivity contribution in [3.63, 3.8) is 0 Å². The normalized spacial score (nSPS) is 26.2. The Balaban J connectivity index is 1.82. The van der Waals surface area contributed by atoms with Gasteiger partial charge in [-0.2, -0.15) is 0 Å². The van der Waals surface area contributed by atoms with Crippen LogP contribution >= 0.6 is 0 Å². The number of hydrogen-bond donors (Lipinski definition) is 9. The predicted molar refractivity (Wildman–Crippen MR) is 277 cm³/mol. The molecule has 0 aromatic rings. The van der Waals surface area contributed by atoms with Crippen LogP contribution in [0.2, 0.25) is 0 Å². The highest BCUT2D eigenvalue weighted by molar-refractivity contribution is 5.76. The molecule has 2 aliphatic rings. The highest BCUT2D eigenvalue weighted by atomic mass is 16.7. The second kappa shape index (κ2) is 42.6. The van der Waals surface area contributed by atoms with Gasteiger partial charge in [-0.15, -0.1) is 0 Å². The quantitative estimate of drug-likeness (QED) is 0.0206. The molecular weight excluding hydrogens is 895 g/mol. The summed E-state index contributed by atoms with van der Waals surface area (Å²) in [5, 5.41) is 86.9. The number of rotatable bonds is 44. The number of amides is 1. The van der Waals surface area contributed by atoms with E-state index in [1.165, 1.54) is 135 Å². The number of allylic oxidation sites excluding steroid dienone is 5. The van der Waals surface area contributed by atoms with E-state index in [2.05, 4.69) is 43.5 Å². The van der Waals surface area contributed by atoms with Crippen LogP contribution in [-0.2, 0) is 23.7 Å². The molecule has 0 saturated carbocycles. The van der Waals surface area contributed by atoms with Crippen molar-refractivity contribution >= 4 is 5.91 Å². The minimum absolute atomic E-state index is 0.257. The minimum Gasteiger partial charge on any atom is -0.394 e. The van der Waals surface area contributed by atoms with Crippen LogP contribution in [0, 0.1) is 0 Å². The number of aliphatic hydroxyl groups excluding tert-OH is 8. The Morgan fingerprint density at radius 3 is 1.40 bits per heavy atom. The molecule has 2 saturated heterocycles. The molecule has 14 nitrogen and oxygen atoms in total. The largest absolute Gasteiger partial charge is 0.394 e. The van der Waals surface area contributed by atoms with Crippen molar-refractivity contribution in [1.29, 1.82) is 0 Å². The van der Waals surface area contributed by atoms with E-state index in [0.29, 0.717) is 12.8 Å². The van der Waals surface area contributed by atoms with Gasteiger partial charge in [0.05, 0.1) is 32.0 Å². The number of ether oxygens (including phenoxy) is 4. The molecule has 0 spiro atoms. The SMILES string of the molecule is CCCCCCCCC/C=C\CCCCCCCC(=O)NC(COC1OC(CO)C(OC2OC(CO)C(O)C(O)C2O)C(O)C1O)C(O)/C=C/CC/C=C/CCCCCCCCCCCCCCCC. The van der Waals surface area contributed by atoms with Crippen molar-refractivity contribution < 1.29 is 64.6 Å². The number of carbonyl (C=O) groups is 1. The van der Waals surface area contributed by atoms with E-state index in [-0.39, 0.29) is 18.9 Å². The second-order valence-electron chi connectivity index (χ2n) is 20.1. The van der Waals surface area contributed by atoms with Gasteiger partial charge in [0.25, 0.3) is 0 Å². The number of unbranched alkanes of at least 4 members (excludes halogenated alkanes) is 27. The van der Waals surface area contributed by atoms with Gasteiger partial charge in [-0.25, -0.2) is 0 Å². The van der Waals surface area contributed by atoms with Crippen molar-refractivity contribution in [1.82, 2.24) is 5.32 Å². The van der Waals surface area contributed by atoms with Crippen molar-refractivity contribution in [2.45, 2.75) is 293 Å². The van der Waals surface area contributed by atoms with Gasteiger partial charge in [-0.05, 0) is 57.8 Å². The summed E-state index contributed by atoms with van der Waals surface area (Å²) in [4.78, 5) is 13.2. The Morgan fingerprint density at radius 2 is 0.914 bits per heavy atom. The average Bonchev–Trinajstić information content (AvgIpc) is 3.36. The van der Waals surface area contributed by atoms with Crippen LogP contribution < -0.4 is 5.32 Å². The first-order valence-corrected chi connectivity index (χ1v) is 28.2. The van der Waals surface area contributed by atoms with Crippen LogP contribution in [0.5, 0.6) is 0 Å². The first-order chi connectivity index (χ1) is 34.1. The maximum atomic E-state index is 13.2. The zero-order valence-corrected chi connectivity index (χ0v) is 43.8. The third kappa shape index (κ3) is 28.6. The van der Waals surface area contributed by atoms with Gasteiger partial charge in [0.15, 0.2) is 12.6 Å². The third-order valence-corrected chi connectivity index (χ3v) is 13.8. The van der Waals surface area contributed by atoms with E-state index in [1.54, 1.807) is 6.08 Å². The molecule has 0 bridgehead atoms. The van der Waals surface area contributed by atoms with Crippen molar-refractivity contribution in [2.75, 3.05) is 19.8 Å². The molecule has 9 N–H and O–H groups in total. The Morgan fingerprint density at radius 1 is 0.500 bits per heavy atom. The van der Waals surface area contributed by atoms with Crippen molar-refractivity contribution in [2.24, 2.45) is 0 Å². The highest BCUT2D eigenvalue weighted by Gasteiger charge is 2.51. The van der Waals surface area contributed by atoms with Gasteiger partial charge in [-0.1, -0.05) is 192 Å². The molecule has 0 aromatic carbocycles. The van der Waals surface area contributed by atoms with Gasteiger partial charge < -0.3 is 65.1 Å². The molecule has 0 radical (unpaired) electrons. The lowest BCUT2D eigenvalue weighted by atomic mass is 9.97. The van der Waals surface area contributed by atoms with Gasteiger partial charge >= 0.3 is 0 Å². The van der Waals surface area contributed by atoms with E-state index < -0.39 is 86.8 Å². The van der Waals surface area contributed by atoms with Crippen LogP contribution in [-0.4, -0.2) is 140 Å². The second-order valence-corrected chi connectivity index (χ2v) is 20.1. The number of carbonyl (C=O) groups excluding carboxylic acids is 1. The lowest BCUT2D eigenvalue weighted by molar-refractivity contribution is -0.359. The fourth-order valence-corrected chi connectivity index (χ4v) is 9.18. The molecule has 2 aliphatic heterocycles. The van der Waals surface area contributed by atoms with E-state index in [0.717, 1.165) is 51.4 Å². The van der Waals surface area contributed by atoms with E-state index >= 15 is 0 Å². The van der Waals surface area contributed by atoms with E-state index in [9.17, 15) is 45.6 Å². The first-order valence-electron chi connectivity index (χ1n) is 28.2. The third-order valence-electron chi connectivity index (χ3n) is 13.8. The molecule has 410 valence electrons. The molecule has 12 unspecified atom stereocenters. The lowest BCUT2D eigenvalue weighted by Crippen LogP contribution is -2.65. The molecule has 12 atom stereocenters. The standard InChI is InChI=1S/C56H103NO13/c1-3-5-7-9-11-13-15-17-19-21-22-23-24-25-27-29-31-33-35-37-39-45(60)44(57-48(61)40-38-36-34-32-30-28-26-20-18-16-14-12-10-8-6-4-2)43-67-55-53(66)51(64)54(47(42-59)69-55)70-56-52(65)50(63)49(62)46(41-58)68-56/h20,26,29,31,37,39,44-47,49-56,58-60,62-66H,3-19,21-25,27-28,30,32-36,38,40-43H2,1-2H3,(H,57,61)/b26-20-,31-29+,39-37+. The molecule has 70 heavy (non-hydrogen) atoms. The molecule has 0 aromatic heterocycles. The molecule has 0 aliphatic carbocycles. The van der Waals surface area contributed by atoms with E-state index in [1.807, 2.05) is 6.08 Å². The smallest absolute Gasteiger partial charge is 0.220 e. The molecule has 2 heterocycles. The average molecular weight is 998 g/mol.